The van der Waals surface area contributed by atoms with Crippen LogP contribution in [0.25, 0.3) is 0 Å². The van der Waals surface area contributed by atoms with E-state index in [1.54, 1.807) is 12.5 Å². The van der Waals surface area contributed by atoms with Crippen molar-refractivity contribution in [3.05, 3.63) is 53.1 Å². The van der Waals surface area contributed by atoms with Crippen LogP contribution in [-0.2, 0) is 11.4 Å². The predicted octanol–water partition coefficient (Wildman–Crippen LogP) is 3.74. The first-order valence-electron chi connectivity index (χ1n) is 7.72. The molecule has 0 atom stereocenters. The standard InChI is InChI=1S/C18H18ClN3O/c1-2-23-21-18(12-22-10-9-20-13-22)16-8-7-15(11-17(16)19)6-5-14-3-4-14/h7-11,13-14H,2-4,12H2,1H3/b21-18+. The normalized spacial score (nSPS) is 14.3. The topological polar surface area (TPSA) is 39.4 Å². The second-order valence-electron chi connectivity index (χ2n) is 5.43. The van der Waals surface area contributed by atoms with Crippen LogP contribution in [0.5, 0.6) is 0 Å². The maximum absolute atomic E-state index is 6.45. The van der Waals surface area contributed by atoms with Gasteiger partial charge in [0.05, 0.1) is 17.9 Å². The monoisotopic (exact) mass is 327 g/mol. The van der Waals surface area contributed by atoms with E-state index in [0.29, 0.717) is 24.1 Å². The van der Waals surface area contributed by atoms with Gasteiger partial charge in [0.25, 0.3) is 0 Å². The quantitative estimate of drug-likeness (QED) is 0.477. The number of benzene rings is 1. The maximum atomic E-state index is 6.45. The molecule has 0 spiro atoms. The van der Waals surface area contributed by atoms with E-state index in [4.69, 9.17) is 16.4 Å². The van der Waals surface area contributed by atoms with Crippen molar-refractivity contribution >= 4 is 17.3 Å². The molecular weight excluding hydrogens is 310 g/mol. The van der Waals surface area contributed by atoms with E-state index in [1.165, 1.54) is 12.8 Å². The van der Waals surface area contributed by atoms with Gasteiger partial charge in [-0.2, -0.15) is 0 Å². The maximum Gasteiger partial charge on any atom is 0.114 e. The number of halogens is 1. The van der Waals surface area contributed by atoms with Crippen LogP contribution in [-0.4, -0.2) is 21.9 Å². The number of aromatic nitrogens is 2. The molecule has 1 aromatic heterocycles. The van der Waals surface area contributed by atoms with Crippen LogP contribution in [0, 0.1) is 17.8 Å². The number of nitrogens with zero attached hydrogens (tertiary/aromatic N) is 3. The molecule has 1 aliphatic rings. The molecule has 1 saturated carbocycles. The van der Waals surface area contributed by atoms with E-state index in [0.717, 1.165) is 16.8 Å². The molecule has 1 fully saturated rings. The third-order valence-electron chi connectivity index (χ3n) is 3.47. The van der Waals surface area contributed by atoms with E-state index >= 15 is 0 Å². The van der Waals surface area contributed by atoms with Crippen molar-refractivity contribution in [3.63, 3.8) is 0 Å². The lowest BCUT2D eigenvalue weighted by Crippen LogP contribution is -2.12. The fraction of sp³-hybridized carbons (Fsp3) is 0.333. The highest BCUT2D eigenvalue weighted by atomic mass is 35.5. The van der Waals surface area contributed by atoms with Crippen molar-refractivity contribution in [2.24, 2.45) is 11.1 Å². The van der Waals surface area contributed by atoms with Gasteiger partial charge in [0.1, 0.15) is 12.3 Å². The Balaban J connectivity index is 1.84. The number of imidazole rings is 1. The average molecular weight is 328 g/mol. The lowest BCUT2D eigenvalue weighted by molar-refractivity contribution is 0.158. The minimum Gasteiger partial charge on any atom is -0.396 e. The molecular formula is C18H18ClN3O. The molecule has 2 aromatic rings. The summed E-state index contributed by atoms with van der Waals surface area (Å²) >= 11 is 6.45. The number of hydrogen-bond acceptors (Lipinski definition) is 3. The highest BCUT2D eigenvalue weighted by Crippen LogP contribution is 2.28. The lowest BCUT2D eigenvalue weighted by atomic mass is 10.1. The summed E-state index contributed by atoms with van der Waals surface area (Å²) in [6.45, 7) is 2.96. The minimum atomic E-state index is 0.510. The molecule has 0 saturated heterocycles. The predicted molar refractivity (Wildman–Crippen MR) is 91.4 cm³/mol. The summed E-state index contributed by atoms with van der Waals surface area (Å²) in [5, 5.41) is 4.84. The van der Waals surface area contributed by atoms with Crippen LogP contribution in [0.1, 0.15) is 30.9 Å². The van der Waals surface area contributed by atoms with Crippen LogP contribution in [0.3, 0.4) is 0 Å². The highest BCUT2D eigenvalue weighted by Gasteiger charge is 2.17. The third kappa shape index (κ3) is 4.37. The summed E-state index contributed by atoms with van der Waals surface area (Å²) in [4.78, 5) is 9.29. The van der Waals surface area contributed by atoms with E-state index in [9.17, 15) is 0 Å². The molecule has 1 aromatic carbocycles. The smallest absolute Gasteiger partial charge is 0.114 e. The van der Waals surface area contributed by atoms with Gasteiger partial charge < -0.3 is 9.40 Å². The molecule has 1 aliphatic carbocycles. The molecule has 0 N–H and O–H groups in total. The van der Waals surface area contributed by atoms with Gasteiger partial charge >= 0.3 is 0 Å². The van der Waals surface area contributed by atoms with Gasteiger partial charge in [-0.3, -0.25) is 0 Å². The zero-order chi connectivity index (χ0) is 16.1. The average Bonchev–Trinajstić information content (AvgIpc) is 3.25. The summed E-state index contributed by atoms with van der Waals surface area (Å²) in [7, 11) is 0. The van der Waals surface area contributed by atoms with Crippen molar-refractivity contribution in [1.29, 1.82) is 0 Å². The first-order chi connectivity index (χ1) is 11.3. The van der Waals surface area contributed by atoms with Crippen molar-refractivity contribution in [2.45, 2.75) is 26.3 Å². The fourth-order valence-electron chi connectivity index (χ4n) is 2.10. The van der Waals surface area contributed by atoms with Crippen LogP contribution in [0.15, 0.2) is 42.1 Å². The number of oxime groups is 1. The Bertz CT molecular complexity index is 752. The van der Waals surface area contributed by atoms with Crippen LogP contribution < -0.4 is 0 Å². The molecule has 0 bridgehead atoms. The van der Waals surface area contributed by atoms with Crippen molar-refractivity contribution in [1.82, 2.24) is 9.55 Å². The molecule has 5 heteroatoms. The van der Waals surface area contributed by atoms with Gasteiger partial charge in [0.2, 0.25) is 0 Å². The first-order valence-corrected chi connectivity index (χ1v) is 8.10. The third-order valence-corrected chi connectivity index (χ3v) is 3.79. The number of hydrogen-bond donors (Lipinski definition) is 0. The molecule has 4 nitrogen and oxygen atoms in total. The van der Waals surface area contributed by atoms with Crippen molar-refractivity contribution in [3.8, 4) is 11.8 Å². The first kappa shape index (κ1) is 15.6. The Labute approximate surface area is 141 Å². The van der Waals surface area contributed by atoms with Gasteiger partial charge in [0.15, 0.2) is 0 Å². The zero-order valence-electron chi connectivity index (χ0n) is 13.0. The van der Waals surface area contributed by atoms with E-state index in [2.05, 4.69) is 22.0 Å². The van der Waals surface area contributed by atoms with Gasteiger partial charge in [-0.25, -0.2) is 4.98 Å². The van der Waals surface area contributed by atoms with Gasteiger partial charge in [0, 0.05) is 29.4 Å². The van der Waals surface area contributed by atoms with E-state index in [-0.39, 0.29) is 0 Å². The van der Waals surface area contributed by atoms with Gasteiger partial charge in [-0.1, -0.05) is 34.7 Å². The van der Waals surface area contributed by atoms with Crippen LogP contribution in [0.4, 0.5) is 0 Å². The second kappa shape index (κ2) is 7.34. The molecule has 0 aliphatic heterocycles. The highest BCUT2D eigenvalue weighted by molar-refractivity contribution is 6.34. The Hall–Kier alpha value is -2.25. The second-order valence-corrected chi connectivity index (χ2v) is 5.84. The van der Waals surface area contributed by atoms with Crippen molar-refractivity contribution in [2.75, 3.05) is 6.61 Å². The molecule has 0 amide bonds. The number of rotatable bonds is 5. The summed E-state index contributed by atoms with van der Waals surface area (Å²) in [6.07, 6.45) is 7.79. The Morgan fingerprint density at radius 1 is 1.48 bits per heavy atom. The summed E-state index contributed by atoms with van der Waals surface area (Å²) in [6, 6.07) is 5.82. The summed E-state index contributed by atoms with van der Waals surface area (Å²) in [5.74, 6) is 7.00. The van der Waals surface area contributed by atoms with Crippen LogP contribution >= 0.6 is 11.6 Å². The SMILES string of the molecule is CCO/N=C(\Cn1ccnc1)c1ccc(C#CC2CC2)cc1Cl. The molecule has 0 unspecified atom stereocenters. The molecule has 23 heavy (non-hydrogen) atoms. The fourth-order valence-corrected chi connectivity index (χ4v) is 2.39. The van der Waals surface area contributed by atoms with Crippen molar-refractivity contribution < 1.29 is 4.84 Å². The van der Waals surface area contributed by atoms with Gasteiger partial charge in [-0.05, 0) is 31.9 Å². The van der Waals surface area contributed by atoms with Gasteiger partial charge in [-0.15, -0.1) is 0 Å². The van der Waals surface area contributed by atoms with E-state index in [1.807, 2.05) is 35.9 Å². The molecule has 0 radical (unpaired) electrons. The largest absolute Gasteiger partial charge is 0.396 e. The molecule has 1 heterocycles. The Kier molecular flexibility index (Phi) is 4.99. The van der Waals surface area contributed by atoms with E-state index < -0.39 is 0 Å². The van der Waals surface area contributed by atoms with Crippen LogP contribution in [0.2, 0.25) is 5.02 Å². The summed E-state index contributed by atoms with van der Waals surface area (Å²) in [5.41, 5.74) is 2.55. The summed E-state index contributed by atoms with van der Waals surface area (Å²) < 4.78 is 1.93. The minimum absolute atomic E-state index is 0.510. The lowest BCUT2D eigenvalue weighted by Gasteiger charge is -2.09. The molecule has 3 rings (SSSR count). The zero-order valence-corrected chi connectivity index (χ0v) is 13.8. The molecule has 118 valence electrons. The Morgan fingerprint density at radius 3 is 3.00 bits per heavy atom. The Morgan fingerprint density at radius 2 is 2.35 bits per heavy atom.